The first-order chi connectivity index (χ1) is 12.9. The van der Waals surface area contributed by atoms with Crippen LogP contribution in [0.25, 0.3) is 16.7 Å². The van der Waals surface area contributed by atoms with Crippen molar-refractivity contribution in [3.8, 4) is 0 Å². The summed E-state index contributed by atoms with van der Waals surface area (Å²) in [7, 11) is 0. The molecular weight excluding hydrogens is 357 g/mol. The molecule has 0 amide bonds. The van der Waals surface area contributed by atoms with Crippen LogP contribution in [0, 0.1) is 6.92 Å². The second kappa shape index (κ2) is 5.79. The number of aryl methyl sites for hydroxylation is 1. The first-order valence-corrected chi connectivity index (χ1v) is 9.13. The van der Waals surface area contributed by atoms with Crippen LogP contribution < -0.4 is 4.90 Å². The second-order valence-corrected chi connectivity index (χ2v) is 7.31. The molecule has 142 valence electrons. The van der Waals surface area contributed by atoms with Crippen molar-refractivity contribution >= 4 is 22.5 Å². The highest BCUT2D eigenvalue weighted by Crippen LogP contribution is 2.33. The van der Waals surface area contributed by atoms with Crippen molar-refractivity contribution in [2.24, 2.45) is 0 Å². The summed E-state index contributed by atoms with van der Waals surface area (Å²) in [6.07, 6.45) is -2.03. The molecule has 0 spiro atoms. The van der Waals surface area contributed by atoms with Crippen molar-refractivity contribution in [2.45, 2.75) is 32.0 Å². The van der Waals surface area contributed by atoms with Crippen molar-refractivity contribution in [1.82, 2.24) is 24.5 Å². The number of hydrogen-bond donors (Lipinski definition) is 0. The Morgan fingerprint density at radius 1 is 1.11 bits per heavy atom. The number of hydrogen-bond acceptors (Lipinski definition) is 5. The van der Waals surface area contributed by atoms with E-state index in [1.54, 1.807) is 6.92 Å². The van der Waals surface area contributed by atoms with Crippen LogP contribution in [0.2, 0.25) is 0 Å². The van der Waals surface area contributed by atoms with Crippen LogP contribution in [0.4, 0.5) is 19.0 Å². The van der Waals surface area contributed by atoms with Gasteiger partial charge in [0.2, 0.25) is 0 Å². The summed E-state index contributed by atoms with van der Waals surface area (Å²) in [4.78, 5) is 13.9. The van der Waals surface area contributed by atoms with Gasteiger partial charge < -0.3 is 4.90 Å². The minimum Gasteiger partial charge on any atom is -0.351 e. The molecule has 9 heteroatoms. The predicted octanol–water partition coefficient (Wildman–Crippen LogP) is 2.89. The number of aromatic nitrogens is 4. The van der Waals surface area contributed by atoms with Crippen LogP contribution in [0.3, 0.4) is 0 Å². The highest BCUT2D eigenvalue weighted by molar-refractivity contribution is 5.83. The van der Waals surface area contributed by atoms with Crippen LogP contribution in [0.1, 0.15) is 24.2 Å². The summed E-state index contributed by atoms with van der Waals surface area (Å²) < 4.78 is 40.9. The van der Waals surface area contributed by atoms with E-state index in [1.165, 1.54) is 23.4 Å². The maximum absolute atomic E-state index is 13.1. The Labute approximate surface area is 153 Å². The summed E-state index contributed by atoms with van der Waals surface area (Å²) >= 11 is 0. The largest absolute Gasteiger partial charge is 0.416 e. The smallest absolute Gasteiger partial charge is 0.351 e. The third kappa shape index (κ3) is 2.72. The molecule has 27 heavy (non-hydrogen) atoms. The lowest BCUT2D eigenvalue weighted by molar-refractivity contribution is -0.137. The monoisotopic (exact) mass is 376 g/mol. The molecule has 0 aliphatic carbocycles. The van der Waals surface area contributed by atoms with E-state index in [2.05, 4.69) is 19.9 Å². The fourth-order valence-electron chi connectivity index (χ4n) is 4.25. The maximum Gasteiger partial charge on any atom is 0.416 e. The van der Waals surface area contributed by atoms with Gasteiger partial charge in [0.05, 0.1) is 16.6 Å². The topological polar surface area (TPSA) is 49.6 Å². The Morgan fingerprint density at radius 3 is 2.78 bits per heavy atom. The fraction of sp³-hybridized carbons (Fsp3) is 0.500. The lowest BCUT2D eigenvalue weighted by Crippen LogP contribution is -2.50. The van der Waals surface area contributed by atoms with E-state index in [0.29, 0.717) is 34.4 Å². The second-order valence-electron chi connectivity index (χ2n) is 7.31. The van der Waals surface area contributed by atoms with Crippen molar-refractivity contribution < 1.29 is 13.2 Å². The predicted molar refractivity (Wildman–Crippen MR) is 94.8 cm³/mol. The van der Waals surface area contributed by atoms with Crippen molar-refractivity contribution in [2.75, 3.05) is 31.1 Å². The van der Waals surface area contributed by atoms with Crippen molar-refractivity contribution in [3.63, 3.8) is 0 Å². The molecule has 1 aromatic carbocycles. The molecule has 2 saturated heterocycles. The molecule has 2 aromatic heterocycles. The molecule has 0 radical (unpaired) electrons. The van der Waals surface area contributed by atoms with E-state index >= 15 is 0 Å². The maximum atomic E-state index is 13.1. The zero-order chi connectivity index (χ0) is 18.8. The lowest BCUT2D eigenvalue weighted by atomic mass is 10.1. The van der Waals surface area contributed by atoms with Crippen LogP contribution in [-0.2, 0) is 6.18 Å². The molecule has 2 aliphatic rings. The molecule has 6 nitrogen and oxygen atoms in total. The number of alkyl halides is 3. The fourth-order valence-corrected chi connectivity index (χ4v) is 4.25. The van der Waals surface area contributed by atoms with Gasteiger partial charge in [-0.15, -0.1) is 0 Å². The number of halogens is 3. The Hall–Kier alpha value is -2.42. The minimum atomic E-state index is -4.41. The van der Waals surface area contributed by atoms with E-state index in [0.717, 1.165) is 38.3 Å². The molecule has 1 unspecified atom stereocenters. The lowest BCUT2D eigenvalue weighted by Gasteiger charge is -2.38. The molecule has 0 bridgehead atoms. The number of anilines is 1. The van der Waals surface area contributed by atoms with Crippen LogP contribution >= 0.6 is 0 Å². The zero-order valence-corrected chi connectivity index (χ0v) is 14.9. The first kappa shape index (κ1) is 16.7. The molecule has 1 atom stereocenters. The highest BCUT2D eigenvalue weighted by atomic mass is 19.4. The molecule has 5 rings (SSSR count). The zero-order valence-electron chi connectivity index (χ0n) is 14.9. The van der Waals surface area contributed by atoms with E-state index in [1.807, 2.05) is 0 Å². The third-order valence-corrected chi connectivity index (χ3v) is 5.56. The Bertz CT molecular complexity index is 1030. The van der Waals surface area contributed by atoms with Gasteiger partial charge in [0.15, 0.2) is 11.5 Å². The van der Waals surface area contributed by atoms with E-state index < -0.39 is 11.7 Å². The molecule has 4 heterocycles. The van der Waals surface area contributed by atoms with Gasteiger partial charge in [-0.05, 0) is 44.5 Å². The molecule has 0 saturated carbocycles. The number of fused-ring (bicyclic) bond motifs is 4. The van der Waals surface area contributed by atoms with Gasteiger partial charge in [-0.2, -0.15) is 18.3 Å². The Morgan fingerprint density at radius 2 is 1.96 bits per heavy atom. The number of rotatable bonds is 1. The van der Waals surface area contributed by atoms with Gasteiger partial charge in [0.25, 0.3) is 0 Å². The Kier molecular flexibility index (Phi) is 3.59. The minimum absolute atomic E-state index is 0.323. The normalized spacial score (nSPS) is 21.3. The van der Waals surface area contributed by atoms with Gasteiger partial charge in [-0.1, -0.05) is 0 Å². The average Bonchev–Trinajstić information content (AvgIpc) is 3.25. The van der Waals surface area contributed by atoms with Gasteiger partial charge in [0, 0.05) is 25.7 Å². The molecule has 3 aromatic rings. The summed E-state index contributed by atoms with van der Waals surface area (Å²) in [5.74, 6) is 1.22. The SMILES string of the molecule is Cc1nc2c(N3CCN4CCCC4C3)nc3ccc(C(F)(F)F)cc3n2n1. The third-order valence-electron chi connectivity index (χ3n) is 5.56. The summed E-state index contributed by atoms with van der Waals surface area (Å²) in [6.45, 7) is 5.54. The molecule has 2 aliphatic heterocycles. The summed E-state index contributed by atoms with van der Waals surface area (Å²) in [5, 5.41) is 4.35. The number of benzene rings is 1. The number of piperazine rings is 1. The molecular formula is C18H19F3N6. The van der Waals surface area contributed by atoms with E-state index in [-0.39, 0.29) is 0 Å². The number of nitrogens with zero attached hydrogens (tertiary/aromatic N) is 6. The molecule has 2 fully saturated rings. The van der Waals surface area contributed by atoms with Crippen molar-refractivity contribution in [1.29, 1.82) is 0 Å². The van der Waals surface area contributed by atoms with E-state index in [9.17, 15) is 13.2 Å². The summed E-state index contributed by atoms with van der Waals surface area (Å²) in [6, 6.07) is 4.10. The summed E-state index contributed by atoms with van der Waals surface area (Å²) in [5.41, 5.74) is 0.622. The van der Waals surface area contributed by atoms with Crippen LogP contribution in [0.5, 0.6) is 0 Å². The van der Waals surface area contributed by atoms with Gasteiger partial charge >= 0.3 is 6.18 Å². The van der Waals surface area contributed by atoms with Crippen LogP contribution in [-0.4, -0.2) is 56.7 Å². The van der Waals surface area contributed by atoms with E-state index in [4.69, 9.17) is 4.98 Å². The highest BCUT2D eigenvalue weighted by Gasteiger charge is 2.33. The molecule has 0 N–H and O–H groups in total. The Balaban J connectivity index is 1.66. The van der Waals surface area contributed by atoms with Gasteiger partial charge in [-0.25, -0.2) is 14.5 Å². The van der Waals surface area contributed by atoms with Crippen LogP contribution in [0.15, 0.2) is 18.2 Å². The van der Waals surface area contributed by atoms with Gasteiger partial charge in [0.1, 0.15) is 5.82 Å². The van der Waals surface area contributed by atoms with Gasteiger partial charge in [-0.3, -0.25) is 4.90 Å². The standard InChI is InChI=1S/C18H19F3N6/c1-11-22-17-16(26-8-7-25-6-2-3-13(25)10-26)23-14-5-4-12(18(19,20)21)9-15(14)27(17)24-11/h4-5,9,13H,2-3,6-8,10H2,1H3. The average molecular weight is 376 g/mol. The quantitative estimate of drug-likeness (QED) is 0.654. The first-order valence-electron chi connectivity index (χ1n) is 9.13. The van der Waals surface area contributed by atoms with Crippen molar-refractivity contribution in [3.05, 3.63) is 29.6 Å².